The van der Waals surface area contributed by atoms with Crippen molar-refractivity contribution >= 4 is 11.8 Å². The van der Waals surface area contributed by atoms with Crippen LogP contribution in [0.1, 0.15) is 54.3 Å². The van der Waals surface area contributed by atoms with Gasteiger partial charge in [0.05, 0.1) is 18.8 Å². The SMILES string of the molecule is CN(CC(=O)NC(c1ccccc1)C1CCCCC1)C(=O)c1ccco1. The summed E-state index contributed by atoms with van der Waals surface area (Å²) in [6, 6.07) is 13.4. The minimum absolute atomic E-state index is 0.00360. The van der Waals surface area contributed by atoms with Crippen LogP contribution in [0.2, 0.25) is 0 Å². The van der Waals surface area contributed by atoms with Crippen molar-refractivity contribution in [1.29, 1.82) is 0 Å². The summed E-state index contributed by atoms with van der Waals surface area (Å²) in [5, 5.41) is 3.17. The van der Waals surface area contributed by atoms with Gasteiger partial charge in [-0.2, -0.15) is 0 Å². The van der Waals surface area contributed by atoms with Crippen molar-refractivity contribution in [1.82, 2.24) is 10.2 Å². The molecular weight excluding hydrogens is 328 g/mol. The predicted molar refractivity (Wildman–Crippen MR) is 99.6 cm³/mol. The number of carbonyl (C=O) groups is 2. The molecule has 0 aliphatic heterocycles. The molecule has 3 rings (SSSR count). The lowest BCUT2D eigenvalue weighted by molar-refractivity contribution is -0.122. The maximum absolute atomic E-state index is 12.6. The summed E-state index contributed by atoms with van der Waals surface area (Å²) in [4.78, 5) is 26.3. The number of hydrogen-bond acceptors (Lipinski definition) is 3. The Kier molecular flexibility index (Phi) is 6.10. The second-order valence-electron chi connectivity index (χ2n) is 6.99. The monoisotopic (exact) mass is 354 g/mol. The van der Waals surface area contributed by atoms with Crippen LogP contribution in [0.25, 0.3) is 0 Å². The molecule has 1 aromatic carbocycles. The number of furan rings is 1. The first-order valence-corrected chi connectivity index (χ1v) is 9.28. The Labute approximate surface area is 154 Å². The maximum Gasteiger partial charge on any atom is 0.289 e. The number of benzene rings is 1. The summed E-state index contributed by atoms with van der Waals surface area (Å²) in [6.45, 7) is 0.00951. The van der Waals surface area contributed by atoms with Crippen molar-refractivity contribution in [3.05, 3.63) is 60.1 Å². The van der Waals surface area contributed by atoms with Gasteiger partial charge in [0.1, 0.15) is 0 Å². The average Bonchev–Trinajstić information content (AvgIpc) is 3.21. The Bertz CT molecular complexity index is 706. The standard InChI is InChI=1S/C21H26N2O3/c1-23(21(25)18-13-8-14-26-18)15-19(24)22-20(16-9-4-2-5-10-16)17-11-6-3-7-12-17/h2,4-5,8-10,13-14,17,20H,3,6-7,11-12,15H2,1H3,(H,22,24). The van der Waals surface area contributed by atoms with E-state index >= 15 is 0 Å². The van der Waals surface area contributed by atoms with Gasteiger partial charge >= 0.3 is 0 Å². The molecule has 138 valence electrons. The first kappa shape index (κ1) is 18.2. The van der Waals surface area contributed by atoms with Gasteiger partial charge in [0.25, 0.3) is 5.91 Å². The van der Waals surface area contributed by atoms with Gasteiger partial charge < -0.3 is 14.6 Å². The molecule has 0 radical (unpaired) electrons. The van der Waals surface area contributed by atoms with Crippen LogP contribution >= 0.6 is 0 Å². The van der Waals surface area contributed by atoms with Gasteiger partial charge in [0, 0.05) is 7.05 Å². The van der Waals surface area contributed by atoms with Gasteiger partial charge in [0.2, 0.25) is 5.91 Å². The van der Waals surface area contributed by atoms with Crippen LogP contribution in [-0.2, 0) is 4.79 Å². The van der Waals surface area contributed by atoms with Crippen LogP contribution < -0.4 is 5.32 Å². The summed E-state index contributed by atoms with van der Waals surface area (Å²) in [5.74, 6) is 0.249. The van der Waals surface area contributed by atoms with Crippen molar-refractivity contribution in [2.75, 3.05) is 13.6 Å². The molecular formula is C21H26N2O3. The second-order valence-corrected chi connectivity index (χ2v) is 6.99. The Morgan fingerprint density at radius 1 is 1.12 bits per heavy atom. The van der Waals surface area contributed by atoms with Gasteiger partial charge in [-0.25, -0.2) is 0 Å². The fourth-order valence-corrected chi connectivity index (χ4v) is 3.70. The van der Waals surface area contributed by atoms with Crippen LogP contribution in [0.3, 0.4) is 0 Å². The van der Waals surface area contributed by atoms with Crippen molar-refractivity contribution in [3.63, 3.8) is 0 Å². The third-order valence-electron chi connectivity index (χ3n) is 5.06. The highest BCUT2D eigenvalue weighted by molar-refractivity contribution is 5.94. The molecule has 5 nitrogen and oxygen atoms in total. The largest absolute Gasteiger partial charge is 0.459 e. The Morgan fingerprint density at radius 3 is 2.50 bits per heavy atom. The topological polar surface area (TPSA) is 62.6 Å². The zero-order valence-corrected chi connectivity index (χ0v) is 15.2. The molecule has 0 bridgehead atoms. The fraction of sp³-hybridized carbons (Fsp3) is 0.429. The van der Waals surface area contributed by atoms with E-state index in [-0.39, 0.29) is 30.2 Å². The molecule has 1 unspecified atom stereocenters. The molecule has 0 spiro atoms. The van der Waals surface area contributed by atoms with E-state index in [4.69, 9.17) is 4.42 Å². The van der Waals surface area contributed by atoms with Crippen LogP contribution in [0.15, 0.2) is 53.1 Å². The molecule has 5 heteroatoms. The molecule has 1 aliphatic carbocycles. The quantitative estimate of drug-likeness (QED) is 0.858. The van der Waals surface area contributed by atoms with Gasteiger partial charge in [-0.15, -0.1) is 0 Å². The van der Waals surface area contributed by atoms with E-state index in [0.717, 1.165) is 18.4 Å². The highest BCUT2D eigenvalue weighted by atomic mass is 16.3. The van der Waals surface area contributed by atoms with E-state index in [9.17, 15) is 9.59 Å². The zero-order chi connectivity index (χ0) is 18.4. The van der Waals surface area contributed by atoms with Crippen LogP contribution in [0.5, 0.6) is 0 Å². The maximum atomic E-state index is 12.6. The summed E-state index contributed by atoms with van der Waals surface area (Å²) >= 11 is 0. The predicted octanol–water partition coefficient (Wildman–Crippen LogP) is 3.79. The number of nitrogens with one attached hydrogen (secondary N) is 1. The third-order valence-corrected chi connectivity index (χ3v) is 5.06. The molecule has 2 aromatic rings. The second kappa shape index (κ2) is 8.70. The van der Waals surface area contributed by atoms with E-state index in [1.807, 2.05) is 18.2 Å². The minimum Gasteiger partial charge on any atom is -0.459 e. The molecule has 1 aromatic heterocycles. The van der Waals surface area contributed by atoms with Crippen LogP contribution in [0, 0.1) is 5.92 Å². The highest BCUT2D eigenvalue weighted by Gasteiger charge is 2.27. The van der Waals surface area contributed by atoms with Crippen molar-refractivity contribution < 1.29 is 14.0 Å². The van der Waals surface area contributed by atoms with E-state index in [0.29, 0.717) is 5.92 Å². The number of carbonyl (C=O) groups excluding carboxylic acids is 2. The molecule has 1 fully saturated rings. The van der Waals surface area contributed by atoms with E-state index in [1.165, 1.54) is 30.4 Å². The molecule has 2 amide bonds. The van der Waals surface area contributed by atoms with Gasteiger partial charge in [0.15, 0.2) is 5.76 Å². The molecule has 0 saturated heterocycles. The third kappa shape index (κ3) is 4.54. The first-order valence-electron chi connectivity index (χ1n) is 9.28. The molecule has 26 heavy (non-hydrogen) atoms. The lowest BCUT2D eigenvalue weighted by atomic mass is 9.81. The molecule has 1 N–H and O–H groups in total. The smallest absolute Gasteiger partial charge is 0.289 e. The summed E-state index contributed by atoms with van der Waals surface area (Å²) < 4.78 is 5.12. The minimum atomic E-state index is -0.293. The molecule has 1 saturated carbocycles. The van der Waals surface area contributed by atoms with Crippen LogP contribution in [0.4, 0.5) is 0 Å². The van der Waals surface area contributed by atoms with Gasteiger partial charge in [-0.05, 0) is 36.5 Å². The van der Waals surface area contributed by atoms with E-state index in [2.05, 4.69) is 17.4 Å². The molecule has 1 atom stereocenters. The first-order chi connectivity index (χ1) is 12.6. The van der Waals surface area contributed by atoms with Gasteiger partial charge in [-0.1, -0.05) is 49.6 Å². The normalized spacial score (nSPS) is 16.0. The zero-order valence-electron chi connectivity index (χ0n) is 15.2. The number of rotatable bonds is 6. The number of amides is 2. The van der Waals surface area contributed by atoms with Gasteiger partial charge in [-0.3, -0.25) is 9.59 Å². The number of nitrogens with zero attached hydrogens (tertiary/aromatic N) is 1. The fourth-order valence-electron chi connectivity index (χ4n) is 3.70. The summed E-state index contributed by atoms with van der Waals surface area (Å²) in [6.07, 6.45) is 7.39. The average molecular weight is 354 g/mol. The Morgan fingerprint density at radius 2 is 1.85 bits per heavy atom. The van der Waals surface area contributed by atoms with Crippen LogP contribution in [-0.4, -0.2) is 30.3 Å². The van der Waals surface area contributed by atoms with E-state index in [1.54, 1.807) is 19.2 Å². The molecule has 1 heterocycles. The van der Waals surface area contributed by atoms with Crippen molar-refractivity contribution in [3.8, 4) is 0 Å². The summed E-state index contributed by atoms with van der Waals surface area (Å²) in [5.41, 5.74) is 1.13. The van der Waals surface area contributed by atoms with Crippen molar-refractivity contribution in [2.24, 2.45) is 5.92 Å². The Balaban J connectivity index is 1.66. The van der Waals surface area contributed by atoms with E-state index < -0.39 is 0 Å². The lowest BCUT2D eigenvalue weighted by Gasteiger charge is -2.32. The lowest BCUT2D eigenvalue weighted by Crippen LogP contribution is -2.41. The number of hydrogen-bond donors (Lipinski definition) is 1. The Hall–Kier alpha value is -2.56. The summed E-state index contributed by atoms with van der Waals surface area (Å²) in [7, 11) is 1.61. The van der Waals surface area contributed by atoms with Crippen molar-refractivity contribution in [2.45, 2.75) is 38.1 Å². The number of likely N-dealkylation sites (N-methyl/N-ethyl adjacent to an activating group) is 1. The highest BCUT2D eigenvalue weighted by Crippen LogP contribution is 2.34. The molecule has 1 aliphatic rings.